The van der Waals surface area contributed by atoms with Crippen LogP contribution in [-0.2, 0) is 36.8 Å². The highest BCUT2D eigenvalue weighted by Crippen LogP contribution is 2.27. The minimum atomic E-state index is -0.944. The lowest BCUT2D eigenvalue weighted by molar-refractivity contribution is -0.403. The first-order valence-corrected chi connectivity index (χ1v) is 15.1. The van der Waals surface area contributed by atoms with E-state index >= 15 is 0 Å². The molecule has 3 rings (SSSR count). The number of aromatic nitrogens is 1. The number of esters is 1. The molecular weight excluding hydrogens is 554 g/mol. The van der Waals surface area contributed by atoms with E-state index in [-0.39, 0.29) is 43.2 Å². The number of nitrogens with one attached hydrogen (secondary N) is 2. The van der Waals surface area contributed by atoms with Gasteiger partial charge in [0.25, 0.3) is 0 Å². The van der Waals surface area contributed by atoms with Gasteiger partial charge in [0.1, 0.15) is 17.8 Å². The van der Waals surface area contributed by atoms with E-state index < -0.39 is 35.0 Å². The van der Waals surface area contributed by atoms with Crippen LogP contribution in [0.5, 0.6) is 0 Å². The molecule has 0 unspecified atom stereocenters. The molecule has 0 bridgehead atoms. The van der Waals surface area contributed by atoms with Gasteiger partial charge in [0, 0.05) is 41.9 Å². The molecule has 0 aliphatic rings. The van der Waals surface area contributed by atoms with Gasteiger partial charge in [-0.1, -0.05) is 48.5 Å². The summed E-state index contributed by atoms with van der Waals surface area (Å²) in [5.74, 6) is 0.0163. The molecule has 8 nitrogen and oxygen atoms in total. The van der Waals surface area contributed by atoms with Crippen molar-refractivity contribution in [2.45, 2.75) is 90.3 Å². The van der Waals surface area contributed by atoms with Crippen LogP contribution >= 0.6 is 0 Å². The maximum Gasteiger partial charge on any atom is 0.312 e. The Labute approximate surface area is 260 Å². The van der Waals surface area contributed by atoms with Gasteiger partial charge >= 0.3 is 5.97 Å². The first-order chi connectivity index (χ1) is 20.7. The summed E-state index contributed by atoms with van der Waals surface area (Å²) < 4.78 is 5.37. The molecule has 0 spiro atoms. The molecule has 0 radical (unpaired) electrons. The number of hydrogen-bond donors (Lipinski definition) is 3. The third-order valence-electron chi connectivity index (χ3n) is 7.66. The van der Waals surface area contributed by atoms with Gasteiger partial charge in [-0.2, -0.15) is 0 Å². The second-order valence-electron chi connectivity index (χ2n) is 13.1. The van der Waals surface area contributed by atoms with Crippen molar-refractivity contribution in [1.82, 2.24) is 10.3 Å². The smallest absolute Gasteiger partial charge is 0.312 e. The Balaban J connectivity index is 1.85. The average Bonchev–Trinajstić information content (AvgIpc) is 3.35. The number of fused-ring (bicyclic) bond motifs is 1. The van der Waals surface area contributed by atoms with Crippen LogP contribution in [0.25, 0.3) is 10.9 Å². The molecule has 5 N–H and O–H groups in total. The Kier molecular flexibility index (Phi) is 11.7. The summed E-state index contributed by atoms with van der Waals surface area (Å²) in [6.07, 6.45) is 6.36. The van der Waals surface area contributed by atoms with E-state index in [1.807, 2.05) is 74.5 Å². The summed E-state index contributed by atoms with van der Waals surface area (Å²) in [6, 6.07) is 18.5. The van der Waals surface area contributed by atoms with E-state index in [4.69, 9.17) is 11.2 Å². The number of H-pyrrole nitrogens is 1. The number of aromatic amines is 1. The first kappa shape index (κ1) is 34.3. The van der Waals surface area contributed by atoms with Crippen LogP contribution in [0, 0.1) is 24.2 Å². The van der Waals surface area contributed by atoms with E-state index in [1.54, 1.807) is 20.8 Å². The highest BCUT2D eigenvalue weighted by atomic mass is 16.6. The van der Waals surface area contributed by atoms with E-state index in [0.29, 0.717) is 12.8 Å². The van der Waals surface area contributed by atoms with Crippen molar-refractivity contribution in [3.8, 4) is 12.3 Å². The fraction of sp³-hybridized carbons (Fsp3) is 0.444. The van der Waals surface area contributed by atoms with Crippen LogP contribution in [0.4, 0.5) is 0 Å². The fourth-order valence-electron chi connectivity index (χ4n) is 5.37. The highest BCUT2D eigenvalue weighted by molar-refractivity contribution is 5.92. The molecular formula is C36H46N3O5+. The summed E-state index contributed by atoms with van der Waals surface area (Å²) in [5, 5.41) is 4.11. The number of terminal acetylenes is 1. The molecule has 0 fully saturated rings. The second-order valence-corrected chi connectivity index (χ2v) is 13.1. The summed E-state index contributed by atoms with van der Waals surface area (Å²) in [7, 11) is 0. The maximum absolute atomic E-state index is 14.0. The lowest BCUT2D eigenvalue weighted by atomic mass is 9.78. The maximum atomic E-state index is 14.0. The zero-order chi connectivity index (χ0) is 32.5. The van der Waals surface area contributed by atoms with Crippen molar-refractivity contribution in [2.24, 2.45) is 11.8 Å². The molecule has 8 heteroatoms. The Morgan fingerprint density at radius 2 is 1.59 bits per heavy atom. The van der Waals surface area contributed by atoms with Crippen LogP contribution in [0.3, 0.4) is 0 Å². The molecule has 0 aliphatic heterocycles. The van der Waals surface area contributed by atoms with Gasteiger partial charge in [-0.05, 0) is 70.5 Å². The number of para-hydroxylation sites is 1. The third kappa shape index (κ3) is 10.2. The number of hydrogen-bond acceptors (Lipinski definition) is 5. The Hall–Kier alpha value is -4.22. The van der Waals surface area contributed by atoms with Gasteiger partial charge in [-0.15, -0.1) is 12.3 Å². The van der Waals surface area contributed by atoms with Crippen LogP contribution in [0.1, 0.15) is 71.6 Å². The summed E-state index contributed by atoms with van der Waals surface area (Å²) in [5.41, 5.74) is 4.99. The number of ketones is 2. The van der Waals surface area contributed by atoms with Crippen molar-refractivity contribution in [3.63, 3.8) is 0 Å². The third-order valence-corrected chi connectivity index (χ3v) is 7.66. The molecule has 1 heterocycles. The van der Waals surface area contributed by atoms with E-state index in [9.17, 15) is 19.2 Å². The molecule has 2 aromatic carbocycles. The van der Waals surface area contributed by atoms with Gasteiger partial charge < -0.3 is 20.8 Å². The van der Waals surface area contributed by atoms with Crippen LogP contribution < -0.4 is 11.1 Å². The molecule has 3 atom stereocenters. The van der Waals surface area contributed by atoms with Gasteiger partial charge in [0.15, 0.2) is 11.8 Å². The second kappa shape index (κ2) is 15.0. The van der Waals surface area contributed by atoms with Crippen molar-refractivity contribution in [3.05, 3.63) is 71.9 Å². The molecule has 44 heavy (non-hydrogen) atoms. The number of benzene rings is 2. The number of carbonyl (C=O) groups excluding carboxylic acids is 4. The van der Waals surface area contributed by atoms with Gasteiger partial charge in [-0.3, -0.25) is 19.2 Å². The Morgan fingerprint density at radius 3 is 2.23 bits per heavy atom. The van der Waals surface area contributed by atoms with Gasteiger partial charge in [0.05, 0.1) is 5.92 Å². The lowest BCUT2D eigenvalue weighted by Crippen LogP contribution is -2.66. The van der Waals surface area contributed by atoms with Gasteiger partial charge in [0.2, 0.25) is 5.91 Å². The largest absolute Gasteiger partial charge is 0.460 e. The topological polar surface area (TPSA) is 133 Å². The summed E-state index contributed by atoms with van der Waals surface area (Å²) in [4.78, 5) is 56.5. The predicted octanol–water partition coefficient (Wildman–Crippen LogP) is 4.36. The number of Topliss-reactive ketones (excluding diaryl/α,β-unsaturated/α-hetero) is 2. The van der Waals surface area contributed by atoms with Crippen molar-refractivity contribution in [2.75, 3.05) is 0 Å². The fourth-order valence-corrected chi connectivity index (χ4v) is 5.37. The standard InChI is InChI=1S/C36H45N3O5/c1-7-8-18-31(40)28(19-24-14-10-9-11-15-24)36(5,6)39-34(43)26(21-27-20-25-16-12-13-17-30(25)38-27)22-32(41)29(37)23-33(42)44-35(2,3)4/h1,9-17,20,26,28-29,38H,8,18-19,21-23,37H2,2-6H3,(H,39,43)/p+1/t26-,28+,29+/m1/s1. The molecule has 0 aliphatic carbocycles. The monoisotopic (exact) mass is 600 g/mol. The quantitative estimate of drug-likeness (QED) is 0.176. The van der Waals surface area contributed by atoms with Gasteiger partial charge in [-0.25, -0.2) is 0 Å². The predicted molar refractivity (Wildman–Crippen MR) is 171 cm³/mol. The molecule has 1 aromatic heterocycles. The number of ether oxygens (including phenoxy) is 1. The van der Waals surface area contributed by atoms with E-state index in [0.717, 1.165) is 22.2 Å². The minimum absolute atomic E-state index is 0.0319. The Bertz CT molecular complexity index is 1460. The molecule has 1 amide bonds. The minimum Gasteiger partial charge on any atom is -0.460 e. The Morgan fingerprint density at radius 1 is 0.932 bits per heavy atom. The summed E-state index contributed by atoms with van der Waals surface area (Å²) in [6.45, 7) is 8.95. The molecule has 0 saturated carbocycles. The molecule has 0 saturated heterocycles. The van der Waals surface area contributed by atoms with Crippen molar-refractivity contribution in [1.29, 1.82) is 0 Å². The number of carbonyl (C=O) groups is 4. The van der Waals surface area contributed by atoms with Crippen molar-refractivity contribution >= 4 is 34.3 Å². The molecule has 234 valence electrons. The zero-order valence-electron chi connectivity index (χ0n) is 26.6. The van der Waals surface area contributed by atoms with E-state index in [1.165, 1.54) is 0 Å². The van der Waals surface area contributed by atoms with E-state index in [2.05, 4.69) is 22.0 Å². The van der Waals surface area contributed by atoms with Crippen LogP contribution in [0.2, 0.25) is 0 Å². The lowest BCUT2D eigenvalue weighted by Gasteiger charge is -2.36. The highest BCUT2D eigenvalue weighted by Gasteiger charge is 2.38. The van der Waals surface area contributed by atoms with Crippen molar-refractivity contribution < 1.29 is 29.6 Å². The summed E-state index contributed by atoms with van der Waals surface area (Å²) >= 11 is 0. The normalized spacial score (nSPS) is 13.8. The number of quaternary nitrogens is 1. The number of rotatable bonds is 15. The molecule has 3 aromatic rings. The average molecular weight is 601 g/mol. The number of amides is 1. The SMILES string of the molecule is C#CCCC(=O)[C@H](Cc1ccccc1)C(C)(C)NC(=O)[C@@H](CC(=O)[C@@H]([NH3+])CC(=O)OC(C)(C)C)Cc1cc2ccccc2[nH]1. The zero-order valence-corrected chi connectivity index (χ0v) is 26.6. The van der Waals surface area contributed by atoms with Crippen LogP contribution in [-0.4, -0.2) is 45.6 Å². The first-order valence-electron chi connectivity index (χ1n) is 15.1. The van der Waals surface area contributed by atoms with Crippen LogP contribution in [0.15, 0.2) is 60.7 Å².